The maximum Gasteiger partial charge on any atom is 0.123 e. The number of nitrogens with zero attached hydrogens (tertiary/aromatic N) is 2. The lowest BCUT2D eigenvalue weighted by Crippen LogP contribution is -2.20. The number of hydrogen-bond donors (Lipinski definition) is 1. The summed E-state index contributed by atoms with van der Waals surface area (Å²) in [6, 6.07) is 6.65. The number of hydrogen-bond acceptors (Lipinski definition) is 2. The molecule has 0 unspecified atom stereocenters. The van der Waals surface area contributed by atoms with E-state index < -0.39 is 0 Å². The van der Waals surface area contributed by atoms with Crippen molar-refractivity contribution in [2.75, 3.05) is 0 Å². The van der Waals surface area contributed by atoms with Crippen molar-refractivity contribution in [3.05, 3.63) is 52.1 Å². The molecule has 1 atom stereocenters. The number of benzene rings is 1. The molecule has 0 saturated heterocycles. The minimum absolute atomic E-state index is 0.0433. The summed E-state index contributed by atoms with van der Waals surface area (Å²) < 4.78 is 15.0. The van der Waals surface area contributed by atoms with Crippen LogP contribution in [0.4, 0.5) is 4.39 Å². The van der Waals surface area contributed by atoms with Crippen molar-refractivity contribution < 1.29 is 4.39 Å². The van der Waals surface area contributed by atoms with Gasteiger partial charge in [0.1, 0.15) is 5.82 Å². The molecule has 0 radical (unpaired) electrons. The number of rotatable bonds is 5. The van der Waals surface area contributed by atoms with Crippen LogP contribution in [0.2, 0.25) is 5.02 Å². The van der Waals surface area contributed by atoms with Crippen molar-refractivity contribution in [1.82, 2.24) is 15.1 Å². The molecule has 1 aromatic heterocycles. The summed E-state index contributed by atoms with van der Waals surface area (Å²) in [4.78, 5) is 0. The van der Waals surface area contributed by atoms with Crippen LogP contribution in [-0.2, 0) is 20.0 Å². The highest BCUT2D eigenvalue weighted by atomic mass is 35.5. The van der Waals surface area contributed by atoms with Crippen LogP contribution in [0.25, 0.3) is 0 Å². The van der Waals surface area contributed by atoms with E-state index in [-0.39, 0.29) is 11.9 Å². The van der Waals surface area contributed by atoms with Crippen LogP contribution in [0.5, 0.6) is 0 Å². The SMILES string of the molecule is CCc1nn(C)c(CN[C@@H](C)c2cccc(F)c2)c1Cl. The van der Waals surface area contributed by atoms with Crippen LogP contribution >= 0.6 is 11.6 Å². The Kier molecular flexibility index (Phi) is 4.78. The Labute approximate surface area is 123 Å². The monoisotopic (exact) mass is 295 g/mol. The summed E-state index contributed by atoms with van der Waals surface area (Å²) in [5.74, 6) is -0.219. The minimum atomic E-state index is -0.219. The van der Waals surface area contributed by atoms with E-state index in [9.17, 15) is 4.39 Å². The van der Waals surface area contributed by atoms with Crippen molar-refractivity contribution in [1.29, 1.82) is 0 Å². The molecule has 0 spiro atoms. The topological polar surface area (TPSA) is 29.9 Å². The van der Waals surface area contributed by atoms with Gasteiger partial charge in [0.2, 0.25) is 0 Å². The molecule has 108 valence electrons. The van der Waals surface area contributed by atoms with Gasteiger partial charge in [0.25, 0.3) is 0 Å². The fraction of sp³-hybridized carbons (Fsp3) is 0.400. The van der Waals surface area contributed by atoms with Crippen LogP contribution in [0.1, 0.15) is 36.8 Å². The van der Waals surface area contributed by atoms with Crippen molar-refractivity contribution in [2.45, 2.75) is 32.9 Å². The first-order valence-electron chi connectivity index (χ1n) is 6.72. The molecule has 2 rings (SSSR count). The van der Waals surface area contributed by atoms with Gasteiger partial charge in [-0.15, -0.1) is 0 Å². The van der Waals surface area contributed by atoms with E-state index in [1.165, 1.54) is 6.07 Å². The number of halogens is 2. The third kappa shape index (κ3) is 3.19. The lowest BCUT2D eigenvalue weighted by atomic mass is 10.1. The minimum Gasteiger partial charge on any atom is -0.305 e. The maximum atomic E-state index is 13.2. The highest BCUT2D eigenvalue weighted by Gasteiger charge is 2.14. The Bertz CT molecular complexity index is 595. The molecular formula is C15H19ClFN3. The fourth-order valence-electron chi connectivity index (χ4n) is 2.16. The molecule has 0 aliphatic carbocycles. The summed E-state index contributed by atoms with van der Waals surface area (Å²) in [6.07, 6.45) is 0.812. The van der Waals surface area contributed by atoms with Gasteiger partial charge >= 0.3 is 0 Å². The Morgan fingerprint density at radius 2 is 2.20 bits per heavy atom. The summed E-state index contributed by atoms with van der Waals surface area (Å²) in [5.41, 5.74) is 2.77. The molecule has 1 heterocycles. The van der Waals surface area contributed by atoms with E-state index in [0.717, 1.165) is 23.4 Å². The van der Waals surface area contributed by atoms with E-state index in [2.05, 4.69) is 10.4 Å². The van der Waals surface area contributed by atoms with E-state index in [1.54, 1.807) is 16.8 Å². The average Bonchev–Trinajstić information content (AvgIpc) is 2.71. The van der Waals surface area contributed by atoms with Crippen molar-refractivity contribution >= 4 is 11.6 Å². The molecule has 20 heavy (non-hydrogen) atoms. The van der Waals surface area contributed by atoms with E-state index in [0.29, 0.717) is 11.6 Å². The Morgan fingerprint density at radius 1 is 1.45 bits per heavy atom. The third-order valence-corrected chi connectivity index (χ3v) is 3.86. The highest BCUT2D eigenvalue weighted by molar-refractivity contribution is 6.31. The molecule has 5 heteroatoms. The predicted molar refractivity (Wildman–Crippen MR) is 79.3 cm³/mol. The number of aryl methyl sites for hydroxylation is 2. The smallest absolute Gasteiger partial charge is 0.123 e. The summed E-state index contributed by atoms with van der Waals surface area (Å²) in [6.45, 7) is 4.63. The molecular weight excluding hydrogens is 277 g/mol. The molecule has 0 aliphatic heterocycles. The molecule has 3 nitrogen and oxygen atoms in total. The molecule has 1 aromatic carbocycles. The molecule has 0 amide bonds. The van der Waals surface area contributed by atoms with Gasteiger partial charge in [-0.3, -0.25) is 4.68 Å². The van der Waals surface area contributed by atoms with E-state index >= 15 is 0 Å². The standard InChI is InChI=1S/C15H19ClFN3/c1-4-13-15(16)14(20(3)19-13)9-18-10(2)11-6-5-7-12(17)8-11/h5-8,10,18H,4,9H2,1-3H3/t10-/m0/s1. The summed E-state index contributed by atoms with van der Waals surface area (Å²) in [5, 5.41) is 8.44. The largest absolute Gasteiger partial charge is 0.305 e. The fourth-order valence-corrected chi connectivity index (χ4v) is 2.52. The third-order valence-electron chi connectivity index (χ3n) is 3.43. The average molecular weight is 296 g/mol. The van der Waals surface area contributed by atoms with Crippen LogP contribution in [-0.4, -0.2) is 9.78 Å². The molecule has 0 aliphatic rings. The second-order valence-electron chi connectivity index (χ2n) is 4.84. The first kappa shape index (κ1) is 15.0. The van der Waals surface area contributed by atoms with Crippen molar-refractivity contribution in [2.24, 2.45) is 7.05 Å². The first-order chi connectivity index (χ1) is 9.52. The Hall–Kier alpha value is -1.39. The molecule has 0 saturated carbocycles. The number of aromatic nitrogens is 2. The lowest BCUT2D eigenvalue weighted by Gasteiger charge is -2.14. The first-order valence-corrected chi connectivity index (χ1v) is 7.09. The van der Waals surface area contributed by atoms with Crippen LogP contribution < -0.4 is 5.32 Å². The second kappa shape index (κ2) is 6.37. The van der Waals surface area contributed by atoms with Crippen LogP contribution in [0.15, 0.2) is 24.3 Å². The van der Waals surface area contributed by atoms with Crippen LogP contribution in [0, 0.1) is 5.82 Å². The van der Waals surface area contributed by atoms with Gasteiger partial charge < -0.3 is 5.32 Å². The van der Waals surface area contributed by atoms with Gasteiger partial charge in [0, 0.05) is 19.6 Å². The van der Waals surface area contributed by atoms with Crippen LogP contribution in [0.3, 0.4) is 0 Å². The Balaban J connectivity index is 2.07. The molecule has 0 bridgehead atoms. The summed E-state index contributed by atoms with van der Waals surface area (Å²) in [7, 11) is 1.88. The van der Waals surface area contributed by atoms with Gasteiger partial charge in [0.15, 0.2) is 0 Å². The predicted octanol–water partition coefficient (Wildman–Crippen LogP) is 3.63. The van der Waals surface area contributed by atoms with Crippen molar-refractivity contribution in [3.8, 4) is 0 Å². The zero-order valence-electron chi connectivity index (χ0n) is 12.0. The van der Waals surface area contributed by atoms with E-state index in [4.69, 9.17) is 11.6 Å². The van der Waals surface area contributed by atoms with Gasteiger partial charge in [-0.05, 0) is 31.0 Å². The lowest BCUT2D eigenvalue weighted by molar-refractivity contribution is 0.542. The second-order valence-corrected chi connectivity index (χ2v) is 5.22. The molecule has 2 aromatic rings. The van der Waals surface area contributed by atoms with Gasteiger partial charge in [-0.1, -0.05) is 30.7 Å². The quantitative estimate of drug-likeness (QED) is 0.913. The zero-order chi connectivity index (χ0) is 14.7. The highest BCUT2D eigenvalue weighted by Crippen LogP contribution is 2.22. The summed E-state index contributed by atoms with van der Waals surface area (Å²) >= 11 is 6.30. The van der Waals surface area contributed by atoms with Gasteiger partial charge in [0.05, 0.1) is 16.4 Å². The van der Waals surface area contributed by atoms with Gasteiger partial charge in [-0.2, -0.15) is 5.10 Å². The van der Waals surface area contributed by atoms with Crippen molar-refractivity contribution in [3.63, 3.8) is 0 Å². The molecule has 1 N–H and O–H groups in total. The number of nitrogens with one attached hydrogen (secondary N) is 1. The normalized spacial score (nSPS) is 12.7. The molecule has 0 fully saturated rings. The maximum absolute atomic E-state index is 13.2. The zero-order valence-corrected chi connectivity index (χ0v) is 12.7. The van der Waals surface area contributed by atoms with E-state index in [1.807, 2.05) is 27.0 Å². The van der Waals surface area contributed by atoms with Gasteiger partial charge in [-0.25, -0.2) is 4.39 Å². The Morgan fingerprint density at radius 3 is 2.80 bits per heavy atom.